The highest BCUT2D eigenvalue weighted by molar-refractivity contribution is 5.40. The lowest BCUT2D eigenvalue weighted by molar-refractivity contribution is 0.142. The van der Waals surface area contributed by atoms with Gasteiger partial charge in [0, 0.05) is 6.04 Å². The first-order valence-corrected chi connectivity index (χ1v) is 7.86. The van der Waals surface area contributed by atoms with Crippen molar-refractivity contribution < 1.29 is 9.84 Å². The number of ether oxygens (including phenoxy) is 1. The fourth-order valence-electron chi connectivity index (χ4n) is 2.26. The third-order valence-corrected chi connectivity index (χ3v) is 3.59. The maximum Gasteiger partial charge on any atom is 0.122 e. The van der Waals surface area contributed by atoms with Crippen LogP contribution in [0.4, 0.5) is 0 Å². The predicted octanol–water partition coefficient (Wildman–Crippen LogP) is 2.57. The van der Waals surface area contributed by atoms with Gasteiger partial charge in [-0.25, -0.2) is 0 Å². The molecule has 1 aromatic carbocycles. The Bertz CT molecular complexity index is 421. The number of rotatable bonds is 9. The molecule has 0 bridgehead atoms. The first kappa shape index (κ1) is 18.0. The molecule has 0 saturated carbocycles. The lowest BCUT2D eigenvalue weighted by Gasteiger charge is -2.22. The molecule has 0 spiro atoms. The Morgan fingerprint density at radius 1 is 1.33 bits per heavy atom. The van der Waals surface area contributed by atoms with E-state index in [1.165, 1.54) is 0 Å². The number of aliphatic hydroxyl groups is 1. The van der Waals surface area contributed by atoms with Crippen LogP contribution >= 0.6 is 0 Å². The Morgan fingerprint density at radius 3 is 2.62 bits per heavy atom. The number of nitrogens with two attached hydrogens (primary N) is 1. The molecule has 0 amide bonds. The quantitative estimate of drug-likeness (QED) is 0.655. The Balaban J connectivity index is 2.91. The van der Waals surface area contributed by atoms with Crippen LogP contribution in [-0.4, -0.2) is 31.3 Å². The summed E-state index contributed by atoms with van der Waals surface area (Å²) >= 11 is 0. The SMILES string of the molecule is CCCOc1ccc(C(O)C(N)CCNC)cc1C(C)C. The zero-order chi connectivity index (χ0) is 15.8. The van der Waals surface area contributed by atoms with Gasteiger partial charge in [0.1, 0.15) is 5.75 Å². The number of hydrogen-bond donors (Lipinski definition) is 3. The van der Waals surface area contributed by atoms with E-state index in [9.17, 15) is 5.11 Å². The fourth-order valence-corrected chi connectivity index (χ4v) is 2.26. The van der Waals surface area contributed by atoms with E-state index in [2.05, 4.69) is 26.1 Å². The second kappa shape index (κ2) is 9.03. The van der Waals surface area contributed by atoms with Crippen molar-refractivity contribution in [3.05, 3.63) is 29.3 Å². The Kier molecular flexibility index (Phi) is 7.72. The Morgan fingerprint density at radius 2 is 2.05 bits per heavy atom. The zero-order valence-electron chi connectivity index (χ0n) is 13.7. The molecule has 21 heavy (non-hydrogen) atoms. The van der Waals surface area contributed by atoms with Gasteiger partial charge in [-0.2, -0.15) is 0 Å². The van der Waals surface area contributed by atoms with Gasteiger partial charge in [0.05, 0.1) is 12.7 Å². The van der Waals surface area contributed by atoms with Gasteiger partial charge >= 0.3 is 0 Å². The van der Waals surface area contributed by atoms with Crippen molar-refractivity contribution in [3.63, 3.8) is 0 Å². The number of benzene rings is 1. The highest BCUT2D eigenvalue weighted by Gasteiger charge is 2.19. The van der Waals surface area contributed by atoms with Crippen molar-refractivity contribution in [2.45, 2.75) is 51.7 Å². The van der Waals surface area contributed by atoms with Gasteiger partial charge in [0.2, 0.25) is 0 Å². The highest BCUT2D eigenvalue weighted by Crippen LogP contribution is 2.30. The molecular formula is C17H30N2O2. The molecule has 0 radical (unpaired) electrons. The normalized spacial score (nSPS) is 14.2. The van der Waals surface area contributed by atoms with Crippen molar-refractivity contribution in [1.29, 1.82) is 0 Å². The molecule has 0 aliphatic carbocycles. The fraction of sp³-hybridized carbons (Fsp3) is 0.647. The van der Waals surface area contributed by atoms with Crippen LogP contribution in [0.1, 0.15) is 56.8 Å². The summed E-state index contributed by atoms with van der Waals surface area (Å²) in [5.41, 5.74) is 8.05. The van der Waals surface area contributed by atoms with Crippen LogP contribution in [0.2, 0.25) is 0 Å². The number of aliphatic hydroxyl groups excluding tert-OH is 1. The molecule has 0 aliphatic heterocycles. The first-order chi connectivity index (χ1) is 10.0. The van der Waals surface area contributed by atoms with Gasteiger partial charge in [-0.1, -0.05) is 26.8 Å². The van der Waals surface area contributed by atoms with Crippen LogP contribution < -0.4 is 15.8 Å². The topological polar surface area (TPSA) is 67.5 Å². The van der Waals surface area contributed by atoms with Crippen molar-refractivity contribution in [2.75, 3.05) is 20.2 Å². The maximum absolute atomic E-state index is 10.4. The van der Waals surface area contributed by atoms with Crippen molar-refractivity contribution in [2.24, 2.45) is 5.73 Å². The molecule has 1 aromatic rings. The molecule has 0 heterocycles. The third-order valence-electron chi connectivity index (χ3n) is 3.59. The van der Waals surface area contributed by atoms with Crippen LogP contribution in [0, 0.1) is 0 Å². The van der Waals surface area contributed by atoms with Crippen molar-refractivity contribution in [1.82, 2.24) is 5.32 Å². The van der Waals surface area contributed by atoms with E-state index in [1.807, 2.05) is 25.2 Å². The average Bonchev–Trinajstić information content (AvgIpc) is 2.49. The van der Waals surface area contributed by atoms with E-state index >= 15 is 0 Å². The lowest BCUT2D eigenvalue weighted by Crippen LogP contribution is -2.31. The summed E-state index contributed by atoms with van der Waals surface area (Å²) in [6.07, 6.45) is 1.08. The molecule has 1 rings (SSSR count). The molecule has 4 nitrogen and oxygen atoms in total. The molecular weight excluding hydrogens is 264 g/mol. The maximum atomic E-state index is 10.4. The van der Waals surface area contributed by atoms with E-state index in [-0.39, 0.29) is 6.04 Å². The molecule has 120 valence electrons. The summed E-state index contributed by atoms with van der Waals surface area (Å²) in [6.45, 7) is 7.86. The van der Waals surface area contributed by atoms with Crippen LogP contribution in [0.25, 0.3) is 0 Å². The van der Waals surface area contributed by atoms with Crippen molar-refractivity contribution >= 4 is 0 Å². The van der Waals surface area contributed by atoms with Gasteiger partial charge in [0.25, 0.3) is 0 Å². The van der Waals surface area contributed by atoms with Crippen LogP contribution in [0.3, 0.4) is 0 Å². The largest absolute Gasteiger partial charge is 0.493 e. The van der Waals surface area contributed by atoms with Crippen LogP contribution in [0.5, 0.6) is 5.75 Å². The molecule has 4 N–H and O–H groups in total. The Hall–Kier alpha value is -1.10. The Labute approximate surface area is 128 Å². The molecule has 4 heteroatoms. The minimum Gasteiger partial charge on any atom is -0.493 e. The third kappa shape index (κ3) is 5.30. The summed E-state index contributed by atoms with van der Waals surface area (Å²) in [7, 11) is 1.88. The second-order valence-corrected chi connectivity index (χ2v) is 5.80. The summed E-state index contributed by atoms with van der Waals surface area (Å²) < 4.78 is 5.78. The lowest BCUT2D eigenvalue weighted by atomic mass is 9.94. The zero-order valence-corrected chi connectivity index (χ0v) is 13.7. The minimum absolute atomic E-state index is 0.264. The predicted molar refractivity (Wildman–Crippen MR) is 87.8 cm³/mol. The van der Waals surface area contributed by atoms with Gasteiger partial charge < -0.3 is 20.9 Å². The van der Waals surface area contributed by atoms with E-state index in [1.54, 1.807) is 0 Å². The molecule has 2 unspecified atom stereocenters. The van der Waals surface area contributed by atoms with Crippen molar-refractivity contribution in [3.8, 4) is 5.75 Å². The van der Waals surface area contributed by atoms with Gasteiger partial charge in [-0.05, 0) is 55.6 Å². The smallest absolute Gasteiger partial charge is 0.122 e. The monoisotopic (exact) mass is 294 g/mol. The van der Waals surface area contributed by atoms with Crippen LogP contribution in [0.15, 0.2) is 18.2 Å². The molecule has 0 saturated heterocycles. The molecule has 0 aliphatic rings. The second-order valence-electron chi connectivity index (χ2n) is 5.80. The summed E-state index contributed by atoms with van der Waals surface area (Å²) in [6, 6.07) is 5.63. The van der Waals surface area contributed by atoms with E-state index in [4.69, 9.17) is 10.5 Å². The molecule has 0 aromatic heterocycles. The molecule has 2 atom stereocenters. The molecule has 0 fully saturated rings. The number of nitrogens with one attached hydrogen (secondary N) is 1. The van der Waals surface area contributed by atoms with Gasteiger partial charge in [0.15, 0.2) is 0 Å². The van der Waals surface area contributed by atoms with E-state index in [0.29, 0.717) is 12.5 Å². The first-order valence-electron chi connectivity index (χ1n) is 7.86. The van der Waals surface area contributed by atoms with Gasteiger partial charge in [-0.3, -0.25) is 0 Å². The minimum atomic E-state index is -0.643. The van der Waals surface area contributed by atoms with Gasteiger partial charge in [-0.15, -0.1) is 0 Å². The number of hydrogen-bond acceptors (Lipinski definition) is 4. The summed E-state index contributed by atoms with van der Waals surface area (Å²) in [4.78, 5) is 0. The summed E-state index contributed by atoms with van der Waals surface area (Å²) in [5.74, 6) is 1.25. The summed E-state index contributed by atoms with van der Waals surface area (Å²) in [5, 5.41) is 13.5. The van der Waals surface area contributed by atoms with Crippen LogP contribution in [-0.2, 0) is 0 Å². The highest BCUT2D eigenvalue weighted by atomic mass is 16.5. The standard InChI is InChI=1S/C17H30N2O2/c1-5-10-21-16-7-6-13(11-14(16)12(2)3)17(20)15(18)8-9-19-4/h6-7,11-12,15,17,19-20H,5,8-10,18H2,1-4H3. The van der Waals surface area contributed by atoms with E-state index in [0.717, 1.165) is 36.3 Å². The van der Waals surface area contributed by atoms with E-state index < -0.39 is 6.10 Å². The average molecular weight is 294 g/mol.